The number of hydrogen-bond acceptors (Lipinski definition) is 1. The first-order valence-electron chi connectivity index (χ1n) is 3.53. The smallest absolute Gasteiger partial charge is 0.0357 e. The quantitative estimate of drug-likeness (QED) is 0.777. The largest absolute Gasteiger partial charge is 0.390 e. The Kier molecular flexibility index (Phi) is 5.27. The van der Waals surface area contributed by atoms with Gasteiger partial charge in [0.15, 0.2) is 0 Å². The molecule has 2 heteroatoms. The average Bonchev–Trinajstić information content (AvgIpc) is 1.93. The van der Waals surface area contributed by atoms with Crippen molar-refractivity contribution in [2.45, 2.75) is 6.92 Å². The molecule has 0 heterocycles. The third kappa shape index (κ3) is 3.94. The molecular formula is C10H12NY-. The Morgan fingerprint density at radius 2 is 1.83 bits per heavy atom. The summed E-state index contributed by atoms with van der Waals surface area (Å²) in [5, 5.41) is 3.03. The maximum absolute atomic E-state index is 3.65. The van der Waals surface area contributed by atoms with Gasteiger partial charge in [-0.3, -0.25) is 0 Å². The zero-order valence-corrected chi connectivity index (χ0v) is 10.1. The van der Waals surface area contributed by atoms with Gasteiger partial charge in [0.05, 0.1) is 0 Å². The van der Waals surface area contributed by atoms with E-state index in [9.17, 15) is 0 Å². The van der Waals surface area contributed by atoms with Crippen molar-refractivity contribution in [1.29, 1.82) is 0 Å². The summed E-state index contributed by atoms with van der Waals surface area (Å²) >= 11 is 0. The van der Waals surface area contributed by atoms with Gasteiger partial charge >= 0.3 is 0 Å². The third-order valence-electron chi connectivity index (χ3n) is 1.37. The number of rotatable bonds is 2. The number of aryl methyl sites for hydroxylation is 1. The topological polar surface area (TPSA) is 12.0 Å². The van der Waals surface area contributed by atoms with Crippen LogP contribution in [0.4, 0.5) is 5.69 Å². The molecule has 0 aliphatic heterocycles. The minimum absolute atomic E-state index is 0. The molecule has 12 heavy (non-hydrogen) atoms. The molecule has 0 aliphatic carbocycles. The normalized spacial score (nSPS) is 8.42. The summed E-state index contributed by atoms with van der Waals surface area (Å²) in [5.41, 5.74) is 3.01. The standard InChI is InChI=1S/C10H12N.Y/c1-8(2)11-10-6-4-9(3)5-7-10;/h4-7,11H,1-2H2,3H3;/q-1;. The molecule has 0 amide bonds. The Hall–Kier alpha value is -0.266. The van der Waals surface area contributed by atoms with Gasteiger partial charge in [0.25, 0.3) is 0 Å². The molecule has 0 spiro atoms. The van der Waals surface area contributed by atoms with E-state index in [-0.39, 0.29) is 32.7 Å². The second-order valence-corrected chi connectivity index (χ2v) is 2.59. The van der Waals surface area contributed by atoms with Crippen LogP contribution in [0.5, 0.6) is 0 Å². The molecule has 1 radical (unpaired) electrons. The Labute approximate surface area is 99.1 Å². The Bertz CT molecular complexity index is 251. The maximum atomic E-state index is 3.65. The van der Waals surface area contributed by atoms with E-state index in [4.69, 9.17) is 0 Å². The first kappa shape index (κ1) is 11.7. The Balaban J connectivity index is 0.00000121. The summed E-state index contributed by atoms with van der Waals surface area (Å²) in [4.78, 5) is 0. The molecule has 0 fully saturated rings. The molecule has 0 saturated carbocycles. The van der Waals surface area contributed by atoms with E-state index >= 15 is 0 Å². The Morgan fingerprint density at radius 3 is 2.25 bits per heavy atom. The third-order valence-corrected chi connectivity index (χ3v) is 1.37. The van der Waals surface area contributed by atoms with E-state index < -0.39 is 0 Å². The molecule has 1 rings (SSSR count). The van der Waals surface area contributed by atoms with Crippen LogP contribution in [0.1, 0.15) is 5.56 Å². The van der Waals surface area contributed by atoms with Crippen LogP contribution < -0.4 is 5.32 Å². The summed E-state index contributed by atoms with van der Waals surface area (Å²) < 4.78 is 0. The summed E-state index contributed by atoms with van der Waals surface area (Å²) in [7, 11) is 0. The SMILES string of the molecule is C=C([CH2-])Nc1ccc(C)cc1.[Y]. The molecule has 1 aromatic rings. The molecule has 0 aromatic heterocycles. The van der Waals surface area contributed by atoms with Gasteiger partial charge in [-0.25, -0.2) is 13.5 Å². The molecule has 0 atom stereocenters. The fraction of sp³-hybridized carbons (Fsp3) is 0.100. The summed E-state index contributed by atoms with van der Waals surface area (Å²) in [6.07, 6.45) is 0. The monoisotopic (exact) mass is 235 g/mol. The van der Waals surface area contributed by atoms with Crippen LogP contribution in [0.15, 0.2) is 36.5 Å². The molecule has 61 valence electrons. The van der Waals surface area contributed by atoms with Crippen LogP contribution in [0.25, 0.3) is 0 Å². The molecule has 0 saturated heterocycles. The molecule has 1 nitrogen and oxygen atoms in total. The van der Waals surface area contributed by atoms with Crippen LogP contribution in [0, 0.1) is 13.8 Å². The van der Waals surface area contributed by atoms with Crippen LogP contribution >= 0.6 is 0 Å². The molecule has 0 bridgehead atoms. The fourth-order valence-corrected chi connectivity index (χ4v) is 0.841. The van der Waals surface area contributed by atoms with Crippen LogP contribution in [0.2, 0.25) is 0 Å². The van der Waals surface area contributed by atoms with E-state index in [0.717, 1.165) is 5.69 Å². The van der Waals surface area contributed by atoms with Crippen molar-refractivity contribution in [3.63, 3.8) is 0 Å². The molecule has 1 aromatic carbocycles. The molecule has 1 N–H and O–H groups in total. The van der Waals surface area contributed by atoms with E-state index in [1.165, 1.54) is 5.56 Å². The number of nitrogens with one attached hydrogen (secondary N) is 1. The summed E-state index contributed by atoms with van der Waals surface area (Å²) in [6, 6.07) is 8.11. The second kappa shape index (κ2) is 5.39. The van der Waals surface area contributed by atoms with E-state index in [1.54, 1.807) is 0 Å². The van der Waals surface area contributed by atoms with Crippen LogP contribution in [-0.2, 0) is 32.7 Å². The second-order valence-electron chi connectivity index (χ2n) is 2.59. The van der Waals surface area contributed by atoms with Crippen LogP contribution in [-0.4, -0.2) is 0 Å². The van der Waals surface area contributed by atoms with Crippen LogP contribution in [0.3, 0.4) is 0 Å². The van der Waals surface area contributed by atoms with E-state index in [2.05, 4.69) is 25.7 Å². The molecular weight excluding hydrogens is 223 g/mol. The summed E-state index contributed by atoms with van der Waals surface area (Å²) in [5.74, 6) is 0. The van der Waals surface area contributed by atoms with Crippen molar-refractivity contribution in [1.82, 2.24) is 0 Å². The van der Waals surface area contributed by atoms with Gasteiger partial charge in [0.1, 0.15) is 0 Å². The van der Waals surface area contributed by atoms with E-state index in [1.807, 2.05) is 24.3 Å². The zero-order valence-electron chi connectivity index (χ0n) is 7.30. The van der Waals surface area contributed by atoms with Crippen molar-refractivity contribution in [3.05, 3.63) is 49.0 Å². The van der Waals surface area contributed by atoms with Crippen molar-refractivity contribution in [2.24, 2.45) is 0 Å². The van der Waals surface area contributed by atoms with Gasteiger partial charge in [0, 0.05) is 38.4 Å². The van der Waals surface area contributed by atoms with Gasteiger partial charge < -0.3 is 5.32 Å². The fourth-order valence-electron chi connectivity index (χ4n) is 0.841. The number of benzene rings is 1. The number of anilines is 1. The number of allylic oxidation sites excluding steroid dienone is 1. The summed E-state index contributed by atoms with van der Waals surface area (Å²) in [6.45, 7) is 9.36. The minimum Gasteiger partial charge on any atom is -0.390 e. The van der Waals surface area contributed by atoms with Crippen molar-refractivity contribution < 1.29 is 32.7 Å². The maximum Gasteiger partial charge on any atom is 0.0357 e. The first-order chi connectivity index (χ1) is 5.18. The first-order valence-corrected chi connectivity index (χ1v) is 3.53. The molecule has 0 unspecified atom stereocenters. The minimum atomic E-state index is 0. The van der Waals surface area contributed by atoms with Crippen molar-refractivity contribution in [2.75, 3.05) is 5.32 Å². The number of hydrogen-bond donors (Lipinski definition) is 1. The predicted molar refractivity (Wildman–Crippen MR) is 49.3 cm³/mol. The van der Waals surface area contributed by atoms with Gasteiger partial charge in [-0.15, -0.1) is 5.70 Å². The van der Waals surface area contributed by atoms with Gasteiger partial charge in [-0.2, -0.15) is 0 Å². The predicted octanol–water partition coefficient (Wildman–Crippen LogP) is 2.75. The Morgan fingerprint density at radius 1 is 1.33 bits per heavy atom. The van der Waals surface area contributed by atoms with Crippen molar-refractivity contribution >= 4 is 5.69 Å². The van der Waals surface area contributed by atoms with Gasteiger partial charge in [-0.05, 0) is 19.1 Å². The molecule has 0 aliphatic rings. The average molecular weight is 235 g/mol. The van der Waals surface area contributed by atoms with Gasteiger partial charge in [-0.1, -0.05) is 17.7 Å². The zero-order chi connectivity index (χ0) is 8.27. The van der Waals surface area contributed by atoms with Gasteiger partial charge in [0.2, 0.25) is 0 Å². The van der Waals surface area contributed by atoms with Crippen molar-refractivity contribution in [3.8, 4) is 0 Å². The van der Waals surface area contributed by atoms with E-state index in [0.29, 0.717) is 5.70 Å².